The van der Waals surface area contributed by atoms with Gasteiger partial charge in [-0.2, -0.15) is 0 Å². The van der Waals surface area contributed by atoms with Crippen molar-refractivity contribution in [2.75, 3.05) is 0 Å². The zero-order valence-corrected chi connectivity index (χ0v) is 16.3. The number of unbranched alkanes of at least 4 members (excludes halogenated alkanes) is 11. The predicted octanol–water partition coefficient (Wildman–Crippen LogP) is 5.62. The van der Waals surface area contributed by atoms with Crippen molar-refractivity contribution >= 4 is 5.78 Å². The summed E-state index contributed by atoms with van der Waals surface area (Å²) in [5.74, 6) is 0.195. The first-order valence-electron chi connectivity index (χ1n) is 10.2. The Hall–Kier alpha value is -0.670. The molecule has 3 nitrogen and oxygen atoms in total. The van der Waals surface area contributed by atoms with Gasteiger partial charge in [0.2, 0.25) is 0 Å². The third-order valence-electron chi connectivity index (χ3n) is 4.30. The standard InChI is InChI=1S/C21H42N2O/c1-3-4-5-6-7-8-9-10-11-12-13-14-15-16-17-18-20(24)19-21(2,22)23/h10-11H,3-9,12-19,22-23H2,1-2H3/b11-10-. The Labute approximate surface area is 150 Å². The molecule has 4 N–H and O–H groups in total. The van der Waals surface area contributed by atoms with E-state index in [9.17, 15) is 4.79 Å². The number of carbonyl (C=O) groups excluding carboxylic acids is 1. The molecular weight excluding hydrogens is 296 g/mol. The Morgan fingerprint density at radius 3 is 1.75 bits per heavy atom. The van der Waals surface area contributed by atoms with Crippen molar-refractivity contribution in [2.24, 2.45) is 11.5 Å². The quantitative estimate of drug-likeness (QED) is 0.205. The lowest BCUT2D eigenvalue weighted by Crippen LogP contribution is -2.47. The van der Waals surface area contributed by atoms with Gasteiger partial charge in [-0.15, -0.1) is 0 Å². The topological polar surface area (TPSA) is 69.1 Å². The molecule has 0 aromatic rings. The summed E-state index contributed by atoms with van der Waals surface area (Å²) >= 11 is 0. The van der Waals surface area contributed by atoms with Gasteiger partial charge >= 0.3 is 0 Å². The number of carbonyl (C=O) groups is 1. The van der Waals surface area contributed by atoms with Crippen LogP contribution in [-0.4, -0.2) is 11.4 Å². The minimum Gasteiger partial charge on any atom is -0.313 e. The summed E-state index contributed by atoms with van der Waals surface area (Å²) in [5, 5.41) is 0. The maximum atomic E-state index is 11.6. The fourth-order valence-electron chi connectivity index (χ4n) is 2.91. The van der Waals surface area contributed by atoms with Crippen LogP contribution >= 0.6 is 0 Å². The van der Waals surface area contributed by atoms with Crippen molar-refractivity contribution in [3.8, 4) is 0 Å². The molecule has 0 amide bonds. The summed E-state index contributed by atoms with van der Waals surface area (Å²) in [4.78, 5) is 11.6. The molecule has 0 atom stereocenters. The summed E-state index contributed by atoms with van der Waals surface area (Å²) in [5.41, 5.74) is 10.4. The van der Waals surface area contributed by atoms with E-state index in [0.717, 1.165) is 12.8 Å². The first kappa shape index (κ1) is 23.3. The number of hydrogen-bond donors (Lipinski definition) is 2. The predicted molar refractivity (Wildman–Crippen MR) is 106 cm³/mol. The van der Waals surface area contributed by atoms with Crippen LogP contribution in [0.3, 0.4) is 0 Å². The third kappa shape index (κ3) is 19.4. The highest BCUT2D eigenvalue weighted by atomic mass is 16.1. The fourth-order valence-corrected chi connectivity index (χ4v) is 2.91. The number of nitrogens with two attached hydrogens (primary N) is 2. The Balaban J connectivity index is 3.25. The molecule has 0 unspecified atom stereocenters. The van der Waals surface area contributed by atoms with E-state index in [1.165, 1.54) is 70.6 Å². The average Bonchev–Trinajstić information content (AvgIpc) is 2.49. The number of Topliss-reactive ketones (excluding diaryl/α,β-unsaturated/α-hetero) is 1. The number of allylic oxidation sites excluding steroid dienone is 2. The summed E-state index contributed by atoms with van der Waals surface area (Å²) in [6, 6.07) is 0. The van der Waals surface area contributed by atoms with Crippen LogP contribution in [0.5, 0.6) is 0 Å². The molecule has 0 aliphatic carbocycles. The lowest BCUT2D eigenvalue weighted by Gasteiger charge is -2.16. The molecule has 0 aliphatic heterocycles. The Bertz CT molecular complexity index is 318. The molecule has 0 rings (SSSR count). The Morgan fingerprint density at radius 2 is 1.25 bits per heavy atom. The smallest absolute Gasteiger partial charge is 0.136 e. The van der Waals surface area contributed by atoms with Crippen molar-refractivity contribution in [1.82, 2.24) is 0 Å². The van der Waals surface area contributed by atoms with Crippen LogP contribution in [-0.2, 0) is 4.79 Å². The number of ketones is 1. The van der Waals surface area contributed by atoms with Gasteiger partial charge < -0.3 is 11.5 Å². The first-order valence-corrected chi connectivity index (χ1v) is 10.2. The van der Waals surface area contributed by atoms with E-state index in [0.29, 0.717) is 6.42 Å². The average molecular weight is 339 g/mol. The fraction of sp³-hybridized carbons (Fsp3) is 0.857. The molecule has 0 spiro atoms. The van der Waals surface area contributed by atoms with E-state index in [1.54, 1.807) is 6.92 Å². The summed E-state index contributed by atoms with van der Waals surface area (Å²) in [6.07, 6.45) is 22.2. The molecule has 0 aromatic carbocycles. The summed E-state index contributed by atoms with van der Waals surface area (Å²) in [6.45, 7) is 3.96. The van der Waals surface area contributed by atoms with Crippen LogP contribution in [0.4, 0.5) is 0 Å². The summed E-state index contributed by atoms with van der Waals surface area (Å²) in [7, 11) is 0. The highest BCUT2D eigenvalue weighted by molar-refractivity contribution is 5.79. The van der Waals surface area contributed by atoms with Crippen LogP contribution < -0.4 is 11.5 Å². The third-order valence-corrected chi connectivity index (χ3v) is 4.30. The van der Waals surface area contributed by atoms with Crippen molar-refractivity contribution < 1.29 is 4.79 Å². The monoisotopic (exact) mass is 338 g/mol. The molecule has 142 valence electrons. The molecule has 0 bridgehead atoms. The van der Waals surface area contributed by atoms with Gasteiger partial charge in [0.25, 0.3) is 0 Å². The van der Waals surface area contributed by atoms with Crippen molar-refractivity contribution in [3.63, 3.8) is 0 Å². The SMILES string of the molecule is CCCCCCCC/C=C\CCCCCCCC(=O)CC(C)(N)N. The van der Waals surface area contributed by atoms with Crippen LogP contribution in [0.2, 0.25) is 0 Å². The minimum atomic E-state index is -0.848. The van der Waals surface area contributed by atoms with Gasteiger partial charge in [0, 0.05) is 12.8 Å². The highest BCUT2D eigenvalue weighted by Gasteiger charge is 2.15. The Kier molecular flexibility index (Phi) is 15.4. The second-order valence-corrected chi connectivity index (χ2v) is 7.56. The van der Waals surface area contributed by atoms with E-state index in [2.05, 4.69) is 19.1 Å². The van der Waals surface area contributed by atoms with E-state index >= 15 is 0 Å². The van der Waals surface area contributed by atoms with Crippen molar-refractivity contribution in [2.45, 2.75) is 116 Å². The maximum Gasteiger partial charge on any atom is 0.136 e. The van der Waals surface area contributed by atoms with E-state index in [4.69, 9.17) is 11.5 Å². The molecule has 0 saturated carbocycles. The maximum absolute atomic E-state index is 11.6. The largest absolute Gasteiger partial charge is 0.313 e. The van der Waals surface area contributed by atoms with E-state index < -0.39 is 5.66 Å². The summed E-state index contributed by atoms with van der Waals surface area (Å²) < 4.78 is 0. The van der Waals surface area contributed by atoms with E-state index in [-0.39, 0.29) is 12.2 Å². The van der Waals surface area contributed by atoms with Crippen LogP contribution in [0.25, 0.3) is 0 Å². The van der Waals surface area contributed by atoms with Gasteiger partial charge in [-0.1, -0.05) is 70.4 Å². The molecule has 0 saturated heterocycles. The lowest BCUT2D eigenvalue weighted by molar-refractivity contribution is -0.120. The first-order chi connectivity index (χ1) is 11.5. The van der Waals surface area contributed by atoms with E-state index in [1.807, 2.05) is 0 Å². The highest BCUT2D eigenvalue weighted by Crippen LogP contribution is 2.11. The molecule has 0 aromatic heterocycles. The molecule has 3 heteroatoms. The number of rotatable bonds is 17. The zero-order valence-electron chi connectivity index (χ0n) is 16.3. The normalized spacial score (nSPS) is 12.2. The second-order valence-electron chi connectivity index (χ2n) is 7.56. The lowest BCUT2D eigenvalue weighted by atomic mass is 10.0. The van der Waals surface area contributed by atoms with Gasteiger partial charge in [-0.05, 0) is 39.0 Å². The van der Waals surface area contributed by atoms with Gasteiger partial charge in [-0.25, -0.2) is 0 Å². The molecule has 0 aliphatic rings. The van der Waals surface area contributed by atoms with Crippen molar-refractivity contribution in [1.29, 1.82) is 0 Å². The van der Waals surface area contributed by atoms with Crippen LogP contribution in [0, 0.1) is 0 Å². The molecular formula is C21H42N2O. The van der Waals surface area contributed by atoms with Crippen LogP contribution in [0.15, 0.2) is 12.2 Å². The zero-order chi connectivity index (χ0) is 18.1. The van der Waals surface area contributed by atoms with Gasteiger partial charge in [-0.3, -0.25) is 4.79 Å². The van der Waals surface area contributed by atoms with Crippen molar-refractivity contribution in [3.05, 3.63) is 12.2 Å². The van der Waals surface area contributed by atoms with Crippen LogP contribution in [0.1, 0.15) is 110 Å². The van der Waals surface area contributed by atoms with Gasteiger partial charge in [0.1, 0.15) is 5.78 Å². The number of hydrogen-bond acceptors (Lipinski definition) is 3. The second kappa shape index (κ2) is 15.8. The van der Waals surface area contributed by atoms with Gasteiger partial charge in [0.15, 0.2) is 0 Å². The Morgan fingerprint density at radius 1 is 0.792 bits per heavy atom. The molecule has 0 radical (unpaired) electrons. The molecule has 24 heavy (non-hydrogen) atoms. The molecule has 0 fully saturated rings. The minimum absolute atomic E-state index is 0.195. The van der Waals surface area contributed by atoms with Gasteiger partial charge in [0.05, 0.1) is 5.66 Å². The molecule has 0 heterocycles.